The van der Waals surface area contributed by atoms with E-state index < -0.39 is 0 Å². The van der Waals surface area contributed by atoms with Crippen molar-refractivity contribution in [2.24, 2.45) is 0 Å². The van der Waals surface area contributed by atoms with Gasteiger partial charge in [0.05, 0.1) is 13.2 Å². The molecule has 2 aliphatic rings. The molecule has 1 heterocycles. The molecule has 0 amide bonds. The molecule has 1 atom stereocenters. The van der Waals surface area contributed by atoms with E-state index in [2.05, 4.69) is 97.6 Å². The molecule has 0 saturated carbocycles. The van der Waals surface area contributed by atoms with E-state index in [0.29, 0.717) is 0 Å². The molecule has 0 aromatic heterocycles. The SMILES string of the molecule is CCC(CCc1ccccc1)(/C(=C1/C=CCC1)c1ccc(N2CCOCC2)cc1)N(C)C. The third kappa shape index (κ3) is 4.84. The lowest BCUT2D eigenvalue weighted by molar-refractivity contribution is 0.122. The number of benzene rings is 2. The molecular formula is C29H38N2O. The van der Waals surface area contributed by atoms with Crippen LogP contribution in [-0.4, -0.2) is 50.8 Å². The molecule has 3 nitrogen and oxygen atoms in total. The largest absolute Gasteiger partial charge is 0.378 e. The summed E-state index contributed by atoms with van der Waals surface area (Å²) in [7, 11) is 4.52. The zero-order chi connectivity index (χ0) is 22.4. The Morgan fingerprint density at radius 1 is 1.00 bits per heavy atom. The number of hydrogen-bond donors (Lipinski definition) is 0. The van der Waals surface area contributed by atoms with Gasteiger partial charge >= 0.3 is 0 Å². The Hall–Kier alpha value is -2.36. The maximum Gasteiger partial charge on any atom is 0.0642 e. The molecule has 0 N–H and O–H groups in total. The van der Waals surface area contributed by atoms with Crippen LogP contribution in [-0.2, 0) is 11.2 Å². The molecule has 0 spiro atoms. The van der Waals surface area contributed by atoms with Crippen molar-refractivity contribution in [2.45, 2.75) is 44.6 Å². The van der Waals surface area contributed by atoms with Gasteiger partial charge in [-0.05, 0) is 80.6 Å². The van der Waals surface area contributed by atoms with Crippen LogP contribution in [0.5, 0.6) is 0 Å². The molecule has 1 aliphatic carbocycles. The van der Waals surface area contributed by atoms with Gasteiger partial charge in [0.2, 0.25) is 0 Å². The number of hydrogen-bond acceptors (Lipinski definition) is 3. The van der Waals surface area contributed by atoms with Crippen molar-refractivity contribution >= 4 is 11.3 Å². The Morgan fingerprint density at radius 2 is 1.72 bits per heavy atom. The van der Waals surface area contributed by atoms with Gasteiger partial charge in [0.1, 0.15) is 0 Å². The first-order chi connectivity index (χ1) is 15.6. The standard InChI is InChI=1S/C29H38N2O/c1-4-29(30(2)3,19-18-24-10-6-5-7-11-24)28(25-12-8-9-13-25)26-14-16-27(17-15-26)31-20-22-32-23-21-31/h5-8,10-12,14-17H,4,9,13,18-23H2,1-3H3/b28-25-. The van der Waals surface area contributed by atoms with Crippen molar-refractivity contribution in [3.63, 3.8) is 0 Å². The second kappa shape index (κ2) is 10.5. The molecular weight excluding hydrogens is 392 g/mol. The number of nitrogens with zero attached hydrogens (tertiary/aromatic N) is 2. The van der Waals surface area contributed by atoms with Crippen molar-refractivity contribution in [3.05, 3.63) is 83.4 Å². The molecule has 1 saturated heterocycles. The smallest absolute Gasteiger partial charge is 0.0642 e. The highest BCUT2D eigenvalue weighted by Gasteiger charge is 2.37. The van der Waals surface area contributed by atoms with Crippen LogP contribution in [0.15, 0.2) is 72.3 Å². The van der Waals surface area contributed by atoms with Crippen LogP contribution >= 0.6 is 0 Å². The molecule has 0 radical (unpaired) electrons. The number of likely N-dealkylation sites (N-methyl/N-ethyl adjacent to an activating group) is 1. The summed E-state index contributed by atoms with van der Waals surface area (Å²) in [6, 6.07) is 20.3. The minimum atomic E-state index is 0.000333. The molecule has 0 bridgehead atoms. The van der Waals surface area contributed by atoms with Gasteiger partial charge in [-0.1, -0.05) is 61.5 Å². The normalized spacial score (nSPS) is 19.9. The summed E-state index contributed by atoms with van der Waals surface area (Å²) in [5, 5.41) is 0. The van der Waals surface area contributed by atoms with Gasteiger partial charge in [-0.15, -0.1) is 0 Å². The Balaban J connectivity index is 1.70. The Bertz CT molecular complexity index is 923. The van der Waals surface area contributed by atoms with E-state index in [1.807, 2.05) is 0 Å². The summed E-state index contributed by atoms with van der Waals surface area (Å²) >= 11 is 0. The lowest BCUT2D eigenvalue weighted by Gasteiger charge is -2.43. The van der Waals surface area contributed by atoms with E-state index >= 15 is 0 Å². The lowest BCUT2D eigenvalue weighted by atomic mass is 9.75. The van der Waals surface area contributed by atoms with E-state index in [1.165, 1.54) is 28.0 Å². The number of anilines is 1. The predicted octanol–water partition coefficient (Wildman–Crippen LogP) is 5.97. The van der Waals surface area contributed by atoms with Crippen molar-refractivity contribution in [1.29, 1.82) is 0 Å². The van der Waals surface area contributed by atoms with E-state index in [4.69, 9.17) is 4.74 Å². The molecule has 170 valence electrons. The quantitative estimate of drug-likeness (QED) is 0.513. The number of aryl methyl sites for hydroxylation is 1. The zero-order valence-corrected chi connectivity index (χ0v) is 20.0. The second-order valence-electron chi connectivity index (χ2n) is 9.25. The average Bonchev–Trinajstić information content (AvgIpc) is 3.37. The van der Waals surface area contributed by atoms with Gasteiger partial charge in [-0.25, -0.2) is 0 Å². The van der Waals surface area contributed by atoms with Crippen LogP contribution in [0.4, 0.5) is 5.69 Å². The van der Waals surface area contributed by atoms with Crippen LogP contribution in [0.3, 0.4) is 0 Å². The Morgan fingerprint density at radius 3 is 2.31 bits per heavy atom. The molecule has 1 unspecified atom stereocenters. The van der Waals surface area contributed by atoms with Gasteiger partial charge < -0.3 is 9.64 Å². The van der Waals surface area contributed by atoms with Gasteiger partial charge in [0.15, 0.2) is 0 Å². The van der Waals surface area contributed by atoms with Crippen LogP contribution in [0, 0.1) is 0 Å². The minimum absolute atomic E-state index is 0.000333. The van der Waals surface area contributed by atoms with Crippen LogP contribution in [0.2, 0.25) is 0 Å². The highest BCUT2D eigenvalue weighted by molar-refractivity contribution is 5.79. The van der Waals surface area contributed by atoms with Gasteiger partial charge in [-0.3, -0.25) is 4.90 Å². The van der Waals surface area contributed by atoms with Gasteiger partial charge in [-0.2, -0.15) is 0 Å². The maximum atomic E-state index is 5.54. The van der Waals surface area contributed by atoms with Gasteiger partial charge in [0.25, 0.3) is 0 Å². The minimum Gasteiger partial charge on any atom is -0.378 e. The summed E-state index contributed by atoms with van der Waals surface area (Å²) in [5.74, 6) is 0. The number of morpholine rings is 1. The van der Waals surface area contributed by atoms with E-state index in [-0.39, 0.29) is 5.54 Å². The van der Waals surface area contributed by atoms with E-state index in [1.54, 1.807) is 0 Å². The fraction of sp³-hybridized carbons (Fsp3) is 0.448. The first-order valence-electron chi connectivity index (χ1n) is 12.2. The zero-order valence-electron chi connectivity index (χ0n) is 20.0. The molecule has 2 aromatic rings. The van der Waals surface area contributed by atoms with Crippen molar-refractivity contribution < 1.29 is 4.74 Å². The van der Waals surface area contributed by atoms with E-state index in [9.17, 15) is 0 Å². The Labute approximate surface area is 194 Å². The molecule has 3 heteroatoms. The third-order valence-electron chi connectivity index (χ3n) is 7.33. The summed E-state index contributed by atoms with van der Waals surface area (Å²) in [4.78, 5) is 4.91. The summed E-state index contributed by atoms with van der Waals surface area (Å²) in [5.41, 5.74) is 7.12. The maximum absolute atomic E-state index is 5.54. The van der Waals surface area contributed by atoms with Crippen molar-refractivity contribution in [1.82, 2.24) is 4.90 Å². The summed E-state index contributed by atoms with van der Waals surface area (Å²) < 4.78 is 5.54. The fourth-order valence-electron chi connectivity index (χ4n) is 5.41. The average molecular weight is 431 g/mol. The van der Waals surface area contributed by atoms with Gasteiger partial charge in [0, 0.05) is 24.3 Å². The number of ether oxygens (including phenoxy) is 1. The Kier molecular flexibility index (Phi) is 7.49. The van der Waals surface area contributed by atoms with Crippen LogP contribution < -0.4 is 4.90 Å². The monoisotopic (exact) mass is 430 g/mol. The van der Waals surface area contributed by atoms with Crippen molar-refractivity contribution in [2.75, 3.05) is 45.3 Å². The van der Waals surface area contributed by atoms with Crippen LogP contribution in [0.25, 0.3) is 5.57 Å². The van der Waals surface area contributed by atoms with Crippen LogP contribution in [0.1, 0.15) is 43.7 Å². The second-order valence-corrected chi connectivity index (χ2v) is 9.25. The first-order valence-corrected chi connectivity index (χ1v) is 12.2. The first kappa shape index (κ1) is 22.8. The molecule has 32 heavy (non-hydrogen) atoms. The lowest BCUT2D eigenvalue weighted by Crippen LogP contribution is -2.45. The topological polar surface area (TPSA) is 15.7 Å². The summed E-state index contributed by atoms with van der Waals surface area (Å²) in [6.07, 6.45) is 10.3. The number of rotatable bonds is 8. The summed E-state index contributed by atoms with van der Waals surface area (Å²) in [6.45, 7) is 5.95. The molecule has 1 aliphatic heterocycles. The molecule has 4 rings (SSSR count). The number of allylic oxidation sites excluding steroid dienone is 3. The van der Waals surface area contributed by atoms with E-state index in [0.717, 1.165) is 58.4 Å². The molecule has 2 aromatic carbocycles. The predicted molar refractivity (Wildman–Crippen MR) is 136 cm³/mol. The fourth-order valence-corrected chi connectivity index (χ4v) is 5.41. The molecule has 1 fully saturated rings. The highest BCUT2D eigenvalue weighted by atomic mass is 16.5. The van der Waals surface area contributed by atoms with Crippen molar-refractivity contribution in [3.8, 4) is 0 Å². The highest BCUT2D eigenvalue weighted by Crippen LogP contribution is 2.43. The third-order valence-corrected chi connectivity index (χ3v) is 7.33.